The van der Waals surface area contributed by atoms with E-state index in [1.165, 1.54) is 11.5 Å². The van der Waals surface area contributed by atoms with Gasteiger partial charge in [0.05, 0.1) is 13.7 Å². The molecular formula is C27H26N4O4S. The van der Waals surface area contributed by atoms with Crippen molar-refractivity contribution >= 4 is 22.6 Å². The van der Waals surface area contributed by atoms with Crippen LogP contribution in [0.3, 0.4) is 0 Å². The van der Waals surface area contributed by atoms with E-state index in [0.29, 0.717) is 36.2 Å². The third-order valence-electron chi connectivity index (χ3n) is 5.70. The van der Waals surface area contributed by atoms with Crippen LogP contribution in [0.2, 0.25) is 0 Å². The van der Waals surface area contributed by atoms with Crippen LogP contribution >= 0.6 is 11.5 Å². The number of methoxy groups -OCH3 is 1. The second-order valence-corrected chi connectivity index (χ2v) is 9.06. The van der Waals surface area contributed by atoms with E-state index in [2.05, 4.69) is 9.69 Å². The highest BCUT2D eigenvalue weighted by Crippen LogP contribution is 2.32. The zero-order chi connectivity index (χ0) is 24.7. The van der Waals surface area contributed by atoms with E-state index in [1.807, 2.05) is 77.7 Å². The molecule has 0 spiro atoms. The predicted molar refractivity (Wildman–Crippen MR) is 138 cm³/mol. The van der Waals surface area contributed by atoms with Crippen molar-refractivity contribution < 1.29 is 19.0 Å². The Morgan fingerprint density at radius 2 is 1.83 bits per heavy atom. The van der Waals surface area contributed by atoms with Crippen LogP contribution in [0.5, 0.6) is 17.2 Å². The van der Waals surface area contributed by atoms with Gasteiger partial charge >= 0.3 is 0 Å². The number of nitrogens with one attached hydrogen (secondary N) is 1. The Morgan fingerprint density at radius 1 is 1.00 bits per heavy atom. The molecule has 1 aliphatic heterocycles. The van der Waals surface area contributed by atoms with E-state index in [-0.39, 0.29) is 19.2 Å². The van der Waals surface area contributed by atoms with Crippen molar-refractivity contribution in [3.8, 4) is 17.2 Å². The van der Waals surface area contributed by atoms with Gasteiger partial charge in [-0.15, -0.1) is 0 Å². The molecule has 1 aromatic heterocycles. The topological polar surface area (TPSA) is 85.8 Å². The highest BCUT2D eigenvalue weighted by atomic mass is 32.1. The maximum atomic E-state index is 12.9. The smallest absolute Gasteiger partial charge is 0.239 e. The standard InChI is InChI=1S/C27H26N4O4S/c1-33-22-9-5-8-20(12-22)14-25-29-27(36-30-25)31(16-19-6-3-2-4-7-19)17-26(32)28-15-21-10-11-23-24(13-21)35-18-34-23/h2-13H,14-18H2,1H3,(H,28,32). The molecule has 0 radical (unpaired) electrons. The predicted octanol–water partition coefficient (Wildman–Crippen LogP) is 4.19. The fourth-order valence-corrected chi connectivity index (χ4v) is 4.57. The van der Waals surface area contributed by atoms with Crippen LogP contribution in [0.1, 0.15) is 22.5 Å². The first-order chi connectivity index (χ1) is 17.7. The van der Waals surface area contributed by atoms with Gasteiger partial charge < -0.3 is 24.4 Å². The molecule has 5 rings (SSSR count). The molecule has 9 heteroatoms. The largest absolute Gasteiger partial charge is 0.497 e. The number of benzene rings is 3. The lowest BCUT2D eigenvalue weighted by atomic mass is 10.1. The Kier molecular flexibility index (Phi) is 7.28. The van der Waals surface area contributed by atoms with Crippen molar-refractivity contribution in [2.24, 2.45) is 0 Å². The molecule has 1 N–H and O–H groups in total. The average Bonchev–Trinajstić information content (AvgIpc) is 3.57. The first kappa shape index (κ1) is 23.6. The highest BCUT2D eigenvalue weighted by molar-refractivity contribution is 7.09. The first-order valence-corrected chi connectivity index (χ1v) is 12.3. The monoisotopic (exact) mass is 502 g/mol. The van der Waals surface area contributed by atoms with E-state index in [1.54, 1.807) is 7.11 Å². The number of amides is 1. The van der Waals surface area contributed by atoms with E-state index < -0.39 is 0 Å². The summed E-state index contributed by atoms with van der Waals surface area (Å²) in [7, 11) is 1.65. The van der Waals surface area contributed by atoms with E-state index >= 15 is 0 Å². The van der Waals surface area contributed by atoms with Crippen LogP contribution in [0, 0.1) is 0 Å². The summed E-state index contributed by atoms with van der Waals surface area (Å²) in [5.41, 5.74) is 3.10. The second-order valence-electron chi connectivity index (χ2n) is 8.33. The summed E-state index contributed by atoms with van der Waals surface area (Å²) in [6.45, 7) is 1.33. The van der Waals surface area contributed by atoms with Crippen LogP contribution in [-0.4, -0.2) is 35.7 Å². The lowest BCUT2D eigenvalue weighted by molar-refractivity contribution is -0.119. The van der Waals surface area contributed by atoms with E-state index in [0.717, 1.165) is 28.2 Å². The van der Waals surface area contributed by atoms with Crippen molar-refractivity contribution in [2.75, 3.05) is 25.3 Å². The molecule has 8 nitrogen and oxygen atoms in total. The van der Waals surface area contributed by atoms with Gasteiger partial charge in [0.1, 0.15) is 11.6 Å². The van der Waals surface area contributed by atoms with Gasteiger partial charge in [0.15, 0.2) is 11.5 Å². The molecule has 184 valence electrons. The number of ether oxygens (including phenoxy) is 3. The summed E-state index contributed by atoms with van der Waals surface area (Å²) in [4.78, 5) is 19.6. The molecule has 36 heavy (non-hydrogen) atoms. The average molecular weight is 503 g/mol. The number of carbonyl (C=O) groups excluding carboxylic acids is 1. The fraction of sp³-hybridized carbons (Fsp3) is 0.222. The van der Waals surface area contributed by atoms with Crippen molar-refractivity contribution in [3.63, 3.8) is 0 Å². The zero-order valence-electron chi connectivity index (χ0n) is 19.8. The molecule has 0 fully saturated rings. The Labute approximate surface area is 213 Å². The minimum Gasteiger partial charge on any atom is -0.497 e. The highest BCUT2D eigenvalue weighted by Gasteiger charge is 2.18. The van der Waals surface area contributed by atoms with Gasteiger partial charge in [0.2, 0.25) is 17.8 Å². The fourth-order valence-electron chi connectivity index (χ4n) is 3.89. The lowest BCUT2D eigenvalue weighted by Crippen LogP contribution is -2.36. The first-order valence-electron chi connectivity index (χ1n) is 11.6. The summed E-state index contributed by atoms with van der Waals surface area (Å²) in [6.07, 6.45) is 0.586. The molecule has 0 unspecified atom stereocenters. The molecular weight excluding hydrogens is 476 g/mol. The van der Waals surface area contributed by atoms with Crippen LogP contribution in [0.4, 0.5) is 5.13 Å². The Hall–Kier alpha value is -4.11. The number of fused-ring (bicyclic) bond motifs is 1. The van der Waals surface area contributed by atoms with Crippen molar-refractivity contribution in [2.45, 2.75) is 19.5 Å². The van der Waals surface area contributed by atoms with Crippen molar-refractivity contribution in [1.82, 2.24) is 14.7 Å². The summed E-state index contributed by atoms with van der Waals surface area (Å²) in [5.74, 6) is 2.83. The third-order valence-corrected chi connectivity index (χ3v) is 6.52. The number of hydrogen-bond donors (Lipinski definition) is 1. The molecule has 0 saturated carbocycles. The number of anilines is 1. The van der Waals surface area contributed by atoms with Gasteiger partial charge in [-0.1, -0.05) is 48.5 Å². The molecule has 3 aromatic carbocycles. The van der Waals surface area contributed by atoms with E-state index in [4.69, 9.17) is 19.2 Å². The quantitative estimate of drug-likeness (QED) is 0.348. The number of rotatable bonds is 10. The molecule has 4 aromatic rings. The van der Waals surface area contributed by atoms with Crippen LogP contribution in [0.25, 0.3) is 0 Å². The van der Waals surface area contributed by atoms with Crippen LogP contribution < -0.4 is 24.4 Å². The van der Waals surface area contributed by atoms with Crippen LogP contribution in [-0.2, 0) is 24.3 Å². The lowest BCUT2D eigenvalue weighted by Gasteiger charge is -2.21. The Morgan fingerprint density at radius 3 is 2.69 bits per heavy atom. The zero-order valence-corrected chi connectivity index (χ0v) is 20.7. The Bertz CT molecular complexity index is 1330. The maximum absolute atomic E-state index is 12.9. The molecule has 1 aliphatic rings. The van der Waals surface area contributed by atoms with Gasteiger partial charge in [-0.25, -0.2) is 4.98 Å². The SMILES string of the molecule is COc1cccc(Cc2nsc(N(CC(=O)NCc3ccc4c(c3)OCO4)Cc3ccccc3)n2)c1. The van der Waals surface area contributed by atoms with Gasteiger partial charge in [-0.3, -0.25) is 4.79 Å². The molecule has 0 saturated heterocycles. The maximum Gasteiger partial charge on any atom is 0.239 e. The number of nitrogens with zero attached hydrogens (tertiary/aromatic N) is 3. The Balaban J connectivity index is 1.27. The molecule has 1 amide bonds. The molecule has 2 heterocycles. The third kappa shape index (κ3) is 5.92. The van der Waals surface area contributed by atoms with Gasteiger partial charge in [0.25, 0.3) is 0 Å². The normalized spacial score (nSPS) is 11.8. The number of aromatic nitrogens is 2. The summed E-state index contributed by atoms with van der Waals surface area (Å²) < 4.78 is 20.7. The summed E-state index contributed by atoms with van der Waals surface area (Å²) in [5, 5.41) is 3.70. The number of carbonyl (C=O) groups is 1. The van der Waals surface area contributed by atoms with Gasteiger partial charge in [-0.05, 0) is 41.0 Å². The molecule has 0 atom stereocenters. The molecule has 0 aliphatic carbocycles. The number of hydrogen-bond acceptors (Lipinski definition) is 8. The minimum atomic E-state index is -0.104. The van der Waals surface area contributed by atoms with E-state index in [9.17, 15) is 4.79 Å². The molecule has 0 bridgehead atoms. The van der Waals surface area contributed by atoms with Crippen LogP contribution in [0.15, 0.2) is 72.8 Å². The minimum absolute atomic E-state index is 0.104. The summed E-state index contributed by atoms with van der Waals surface area (Å²) in [6, 6.07) is 23.6. The van der Waals surface area contributed by atoms with Crippen molar-refractivity contribution in [1.29, 1.82) is 0 Å². The van der Waals surface area contributed by atoms with Gasteiger partial charge in [-0.2, -0.15) is 4.37 Å². The van der Waals surface area contributed by atoms with Crippen molar-refractivity contribution in [3.05, 3.63) is 95.3 Å². The second kappa shape index (κ2) is 11.1. The summed E-state index contributed by atoms with van der Waals surface area (Å²) >= 11 is 1.30. The van der Waals surface area contributed by atoms with Gasteiger partial charge in [0, 0.05) is 31.0 Å².